The molecule has 14 heavy (non-hydrogen) atoms. The van der Waals surface area contributed by atoms with Gasteiger partial charge >= 0.3 is 0 Å². The molecule has 0 aliphatic carbocycles. The van der Waals surface area contributed by atoms with E-state index in [1.165, 1.54) is 0 Å². The van der Waals surface area contributed by atoms with Crippen molar-refractivity contribution >= 4 is 18.2 Å². The zero-order chi connectivity index (χ0) is 8.93. The number of aromatic nitrogens is 2. The van der Waals surface area contributed by atoms with Crippen LogP contribution in [0, 0.1) is 0 Å². The Morgan fingerprint density at radius 3 is 2.79 bits per heavy atom. The van der Waals surface area contributed by atoms with E-state index >= 15 is 0 Å². The molecule has 1 aliphatic heterocycles. The number of nitrogens with zero attached hydrogens (tertiary/aromatic N) is 2. The van der Waals surface area contributed by atoms with Crippen molar-refractivity contribution in [2.75, 3.05) is 18.4 Å². The van der Waals surface area contributed by atoms with Gasteiger partial charge in [-0.2, -0.15) is 5.10 Å². The third-order valence-corrected chi connectivity index (χ3v) is 2.26. The minimum atomic E-state index is 0. The van der Waals surface area contributed by atoms with E-state index in [9.17, 15) is 0 Å². The highest BCUT2D eigenvalue weighted by molar-refractivity contribution is 5.85. The van der Waals surface area contributed by atoms with E-state index in [0.29, 0.717) is 6.04 Å². The Morgan fingerprint density at radius 2 is 2.14 bits per heavy atom. The number of rotatable bonds is 2. The zero-order valence-electron chi connectivity index (χ0n) is 7.94. The Labute approximate surface area is 89.9 Å². The second-order valence-corrected chi connectivity index (χ2v) is 3.28. The van der Waals surface area contributed by atoms with Gasteiger partial charge in [-0.25, -0.2) is 0 Å². The van der Waals surface area contributed by atoms with Gasteiger partial charge in [0.1, 0.15) is 5.82 Å². The summed E-state index contributed by atoms with van der Waals surface area (Å²) in [6, 6.07) is 4.41. The Hall–Kier alpha value is -0.870. The van der Waals surface area contributed by atoms with Crippen molar-refractivity contribution in [2.24, 2.45) is 0 Å². The fourth-order valence-electron chi connectivity index (χ4n) is 1.55. The van der Waals surface area contributed by atoms with Crippen LogP contribution in [0.3, 0.4) is 0 Å². The second-order valence-electron chi connectivity index (χ2n) is 3.28. The Kier molecular flexibility index (Phi) is 4.62. The van der Waals surface area contributed by atoms with Gasteiger partial charge in [0.25, 0.3) is 0 Å². The first kappa shape index (κ1) is 11.2. The number of piperidine rings is 1. The molecule has 2 rings (SSSR count). The average molecular weight is 215 g/mol. The van der Waals surface area contributed by atoms with E-state index < -0.39 is 0 Å². The van der Waals surface area contributed by atoms with Crippen molar-refractivity contribution in [3.05, 3.63) is 18.3 Å². The highest BCUT2D eigenvalue weighted by Gasteiger charge is 2.12. The normalized spacial score (nSPS) is 17.1. The number of hydrogen-bond donors (Lipinski definition) is 2. The maximum absolute atomic E-state index is 3.99. The van der Waals surface area contributed by atoms with E-state index in [-0.39, 0.29) is 12.4 Å². The van der Waals surface area contributed by atoms with Gasteiger partial charge in [-0.1, -0.05) is 0 Å². The van der Waals surface area contributed by atoms with Gasteiger partial charge in [0.15, 0.2) is 0 Å². The van der Waals surface area contributed by atoms with Crippen LogP contribution in [0.15, 0.2) is 18.3 Å². The summed E-state index contributed by atoms with van der Waals surface area (Å²) in [7, 11) is 0. The molecule has 0 atom stereocenters. The Bertz CT molecular complexity index is 248. The van der Waals surface area contributed by atoms with E-state index in [1.807, 2.05) is 12.1 Å². The molecule has 2 heterocycles. The lowest BCUT2D eigenvalue weighted by atomic mass is 10.1. The SMILES string of the molecule is Cl.c1cnnc(NC2CCNCC2)c1. The molecule has 5 heteroatoms. The van der Waals surface area contributed by atoms with Crippen molar-refractivity contribution < 1.29 is 0 Å². The minimum Gasteiger partial charge on any atom is -0.366 e. The molecule has 0 amide bonds. The molecule has 0 spiro atoms. The van der Waals surface area contributed by atoms with Crippen molar-refractivity contribution in [2.45, 2.75) is 18.9 Å². The van der Waals surface area contributed by atoms with Gasteiger partial charge in [-0.05, 0) is 38.1 Å². The summed E-state index contributed by atoms with van der Waals surface area (Å²) < 4.78 is 0. The molecule has 1 aromatic rings. The molecule has 1 saturated heterocycles. The zero-order valence-corrected chi connectivity index (χ0v) is 8.76. The van der Waals surface area contributed by atoms with Gasteiger partial charge in [0.2, 0.25) is 0 Å². The summed E-state index contributed by atoms with van der Waals surface area (Å²) in [6.07, 6.45) is 4.01. The lowest BCUT2D eigenvalue weighted by Gasteiger charge is -2.23. The molecular weight excluding hydrogens is 200 g/mol. The molecule has 0 radical (unpaired) electrons. The molecule has 78 valence electrons. The predicted octanol–water partition coefficient (Wildman–Crippen LogP) is 1.06. The van der Waals surface area contributed by atoms with Crippen LogP contribution < -0.4 is 10.6 Å². The van der Waals surface area contributed by atoms with Crippen LogP contribution in [-0.2, 0) is 0 Å². The molecule has 1 aromatic heterocycles. The average Bonchev–Trinajstić information content (AvgIpc) is 2.21. The maximum Gasteiger partial charge on any atom is 0.148 e. The first-order chi connectivity index (χ1) is 6.45. The number of halogens is 1. The van der Waals surface area contributed by atoms with Gasteiger partial charge in [-0.15, -0.1) is 17.5 Å². The van der Waals surface area contributed by atoms with Gasteiger partial charge in [-0.3, -0.25) is 0 Å². The van der Waals surface area contributed by atoms with E-state index in [4.69, 9.17) is 0 Å². The monoisotopic (exact) mass is 214 g/mol. The molecule has 1 fully saturated rings. The number of hydrogen-bond acceptors (Lipinski definition) is 4. The quantitative estimate of drug-likeness (QED) is 0.773. The van der Waals surface area contributed by atoms with Crippen LogP contribution in [0.25, 0.3) is 0 Å². The minimum absolute atomic E-state index is 0. The van der Waals surface area contributed by atoms with Crippen molar-refractivity contribution in [3.8, 4) is 0 Å². The van der Waals surface area contributed by atoms with Crippen LogP contribution >= 0.6 is 12.4 Å². The summed E-state index contributed by atoms with van der Waals surface area (Å²) >= 11 is 0. The van der Waals surface area contributed by atoms with E-state index in [0.717, 1.165) is 31.7 Å². The van der Waals surface area contributed by atoms with Crippen LogP contribution in [0.1, 0.15) is 12.8 Å². The standard InChI is InChI=1S/C9H14N4.ClH/c1-2-9(13-11-5-1)12-8-3-6-10-7-4-8;/h1-2,5,8,10H,3-4,6-7H2,(H,12,13);1H. The van der Waals surface area contributed by atoms with Gasteiger partial charge in [0.05, 0.1) is 0 Å². The fraction of sp³-hybridized carbons (Fsp3) is 0.556. The summed E-state index contributed by atoms with van der Waals surface area (Å²) in [5, 5.41) is 14.5. The molecule has 2 N–H and O–H groups in total. The smallest absolute Gasteiger partial charge is 0.148 e. The van der Waals surface area contributed by atoms with Crippen LogP contribution in [0.4, 0.5) is 5.82 Å². The number of nitrogens with one attached hydrogen (secondary N) is 2. The first-order valence-corrected chi connectivity index (χ1v) is 4.70. The summed E-state index contributed by atoms with van der Waals surface area (Å²) in [5.41, 5.74) is 0. The lowest BCUT2D eigenvalue weighted by Crippen LogP contribution is -2.35. The van der Waals surface area contributed by atoms with E-state index in [1.54, 1.807) is 6.20 Å². The first-order valence-electron chi connectivity index (χ1n) is 4.70. The fourth-order valence-corrected chi connectivity index (χ4v) is 1.55. The third-order valence-electron chi connectivity index (χ3n) is 2.26. The largest absolute Gasteiger partial charge is 0.366 e. The summed E-state index contributed by atoms with van der Waals surface area (Å²) in [6.45, 7) is 2.19. The summed E-state index contributed by atoms with van der Waals surface area (Å²) in [4.78, 5) is 0. The Morgan fingerprint density at radius 1 is 1.36 bits per heavy atom. The molecule has 0 bridgehead atoms. The summed E-state index contributed by atoms with van der Waals surface area (Å²) in [5.74, 6) is 0.884. The van der Waals surface area contributed by atoms with Gasteiger partial charge < -0.3 is 10.6 Å². The third kappa shape index (κ3) is 3.12. The molecule has 1 aliphatic rings. The molecular formula is C9H15ClN4. The number of anilines is 1. The van der Waals surface area contributed by atoms with Crippen LogP contribution in [0.5, 0.6) is 0 Å². The lowest BCUT2D eigenvalue weighted by molar-refractivity contribution is 0.478. The highest BCUT2D eigenvalue weighted by Crippen LogP contribution is 2.08. The van der Waals surface area contributed by atoms with Gasteiger partial charge in [0, 0.05) is 12.2 Å². The highest BCUT2D eigenvalue weighted by atomic mass is 35.5. The molecule has 0 aromatic carbocycles. The van der Waals surface area contributed by atoms with Crippen molar-refractivity contribution in [3.63, 3.8) is 0 Å². The van der Waals surface area contributed by atoms with Crippen molar-refractivity contribution in [1.29, 1.82) is 0 Å². The molecule has 0 unspecified atom stereocenters. The van der Waals surface area contributed by atoms with Crippen molar-refractivity contribution in [1.82, 2.24) is 15.5 Å². The maximum atomic E-state index is 3.99. The molecule has 4 nitrogen and oxygen atoms in total. The van der Waals surface area contributed by atoms with E-state index in [2.05, 4.69) is 20.8 Å². The Balaban J connectivity index is 0.000000980. The van der Waals surface area contributed by atoms with Crippen LogP contribution in [-0.4, -0.2) is 29.3 Å². The predicted molar refractivity (Wildman–Crippen MR) is 58.8 cm³/mol. The van der Waals surface area contributed by atoms with Crippen LogP contribution in [0.2, 0.25) is 0 Å². The second kappa shape index (κ2) is 5.78. The topological polar surface area (TPSA) is 49.8 Å². The molecule has 0 saturated carbocycles.